The van der Waals surface area contributed by atoms with Gasteiger partial charge in [-0.2, -0.15) is 0 Å². The highest BCUT2D eigenvalue weighted by molar-refractivity contribution is 6.15. The summed E-state index contributed by atoms with van der Waals surface area (Å²) in [6, 6.07) is 19.1. The van der Waals surface area contributed by atoms with E-state index >= 15 is 0 Å². The lowest BCUT2D eigenvalue weighted by molar-refractivity contribution is -0.128. The van der Waals surface area contributed by atoms with E-state index < -0.39 is 6.04 Å². The number of nitrogens with zero attached hydrogens (tertiary/aromatic N) is 3. The monoisotopic (exact) mass is 475 g/mol. The zero-order valence-electron chi connectivity index (χ0n) is 20.5. The Bertz CT molecular complexity index is 1210. The van der Waals surface area contributed by atoms with Gasteiger partial charge in [-0.25, -0.2) is 0 Å². The first-order valence-corrected chi connectivity index (χ1v) is 11.1. The van der Waals surface area contributed by atoms with Crippen LogP contribution >= 0.6 is 0 Å². The van der Waals surface area contributed by atoms with Crippen LogP contribution < -0.4 is 28.9 Å². The van der Waals surface area contributed by atoms with Crippen LogP contribution in [0.3, 0.4) is 0 Å². The second-order valence-electron chi connectivity index (χ2n) is 8.31. The number of ether oxygens (including phenoxy) is 3. The van der Waals surface area contributed by atoms with Crippen molar-refractivity contribution in [3.8, 4) is 17.2 Å². The quantitative estimate of drug-likeness (QED) is 0.516. The van der Waals surface area contributed by atoms with E-state index in [-0.39, 0.29) is 18.4 Å². The molecule has 35 heavy (non-hydrogen) atoms. The van der Waals surface area contributed by atoms with Gasteiger partial charge >= 0.3 is 0 Å². The van der Waals surface area contributed by atoms with Crippen molar-refractivity contribution in [2.75, 3.05) is 56.7 Å². The van der Waals surface area contributed by atoms with E-state index in [1.54, 1.807) is 61.6 Å². The van der Waals surface area contributed by atoms with Crippen LogP contribution in [0.15, 0.2) is 66.7 Å². The third kappa shape index (κ3) is 4.59. The molecular weight excluding hydrogens is 446 g/mol. The van der Waals surface area contributed by atoms with Crippen molar-refractivity contribution in [1.82, 2.24) is 0 Å². The van der Waals surface area contributed by atoms with Gasteiger partial charge in [0.2, 0.25) is 5.91 Å². The Morgan fingerprint density at radius 2 is 1.43 bits per heavy atom. The summed E-state index contributed by atoms with van der Waals surface area (Å²) in [6.45, 7) is -0.125. The van der Waals surface area contributed by atoms with Crippen LogP contribution in [0.5, 0.6) is 17.2 Å². The van der Waals surface area contributed by atoms with Gasteiger partial charge in [0.05, 0.1) is 27.0 Å². The van der Waals surface area contributed by atoms with Crippen LogP contribution in [0.4, 0.5) is 17.1 Å². The smallest absolute Gasteiger partial charge is 0.255 e. The second-order valence-corrected chi connectivity index (χ2v) is 8.31. The van der Waals surface area contributed by atoms with Crippen LogP contribution in [0.25, 0.3) is 0 Å². The number of hydrogen-bond acceptors (Lipinski definition) is 6. The average Bonchev–Trinajstić information content (AvgIpc) is 2.89. The summed E-state index contributed by atoms with van der Waals surface area (Å²) < 4.78 is 16.1. The van der Waals surface area contributed by atoms with Gasteiger partial charge in [0.1, 0.15) is 29.8 Å². The zero-order valence-corrected chi connectivity index (χ0v) is 20.5. The second kappa shape index (κ2) is 9.97. The third-order valence-electron chi connectivity index (χ3n) is 6.07. The predicted octanol–water partition coefficient (Wildman–Crippen LogP) is 3.90. The SMILES string of the molecule is COc1ccc(N2C(=O)CN(c3ccc(OC)cc3OC)C(=O)[C@H]2c2ccc(N(C)C)cc2)cc1. The Morgan fingerprint density at radius 1 is 0.800 bits per heavy atom. The average molecular weight is 476 g/mol. The van der Waals surface area contributed by atoms with Gasteiger partial charge in [0.15, 0.2) is 0 Å². The molecule has 4 rings (SSSR count). The first kappa shape index (κ1) is 23.9. The maximum absolute atomic E-state index is 14.0. The number of benzene rings is 3. The number of anilines is 3. The summed E-state index contributed by atoms with van der Waals surface area (Å²) in [5.74, 6) is 1.26. The predicted molar refractivity (Wildman–Crippen MR) is 136 cm³/mol. The molecule has 0 aromatic heterocycles. The van der Waals surface area contributed by atoms with Crippen molar-refractivity contribution >= 4 is 28.9 Å². The van der Waals surface area contributed by atoms with E-state index in [0.717, 1.165) is 5.69 Å². The molecule has 0 N–H and O–H groups in total. The van der Waals surface area contributed by atoms with Crippen molar-refractivity contribution < 1.29 is 23.8 Å². The molecule has 1 aliphatic rings. The van der Waals surface area contributed by atoms with Crippen LogP contribution in [-0.2, 0) is 9.59 Å². The van der Waals surface area contributed by atoms with Crippen LogP contribution in [-0.4, -0.2) is 53.8 Å². The molecule has 1 aliphatic heterocycles. The molecule has 3 aromatic rings. The zero-order chi connectivity index (χ0) is 25.1. The van der Waals surface area contributed by atoms with Crippen molar-refractivity contribution in [3.05, 3.63) is 72.3 Å². The van der Waals surface area contributed by atoms with E-state index in [4.69, 9.17) is 14.2 Å². The van der Waals surface area contributed by atoms with Crippen molar-refractivity contribution in [3.63, 3.8) is 0 Å². The molecule has 1 atom stereocenters. The fourth-order valence-corrected chi connectivity index (χ4v) is 4.19. The van der Waals surface area contributed by atoms with E-state index in [2.05, 4.69) is 0 Å². The molecule has 0 radical (unpaired) electrons. The molecule has 3 aromatic carbocycles. The number of amides is 2. The maximum Gasteiger partial charge on any atom is 0.255 e. The van der Waals surface area contributed by atoms with Crippen LogP contribution in [0, 0.1) is 0 Å². The highest BCUT2D eigenvalue weighted by atomic mass is 16.5. The summed E-state index contributed by atoms with van der Waals surface area (Å²) in [6.07, 6.45) is 0. The standard InChI is InChI=1S/C27H29N3O5/c1-28(2)19-8-6-18(7-9-19)26-27(32)29(23-15-14-22(34-4)16-24(23)35-5)17-25(31)30(26)20-10-12-21(33-3)13-11-20/h6-16,26H,17H2,1-5H3/t26-/m1/s1. The van der Waals surface area contributed by atoms with Gasteiger partial charge in [-0.3, -0.25) is 19.4 Å². The van der Waals surface area contributed by atoms with E-state index in [1.165, 1.54) is 12.0 Å². The number of hydrogen-bond donors (Lipinski definition) is 0. The number of carbonyl (C=O) groups excluding carboxylic acids is 2. The lowest BCUT2D eigenvalue weighted by atomic mass is 9.98. The lowest BCUT2D eigenvalue weighted by Crippen LogP contribution is -2.56. The van der Waals surface area contributed by atoms with Crippen molar-refractivity contribution in [2.24, 2.45) is 0 Å². The first-order valence-electron chi connectivity index (χ1n) is 11.1. The Labute approximate surface area is 205 Å². The molecule has 0 unspecified atom stereocenters. The van der Waals surface area contributed by atoms with E-state index in [0.29, 0.717) is 34.2 Å². The molecule has 0 bridgehead atoms. The minimum absolute atomic E-state index is 0.125. The van der Waals surface area contributed by atoms with Gasteiger partial charge in [-0.1, -0.05) is 12.1 Å². The summed E-state index contributed by atoms with van der Waals surface area (Å²) in [7, 11) is 8.57. The highest BCUT2D eigenvalue weighted by Crippen LogP contribution is 2.39. The number of methoxy groups -OCH3 is 3. The fraction of sp³-hybridized carbons (Fsp3) is 0.259. The first-order chi connectivity index (χ1) is 16.9. The topological polar surface area (TPSA) is 71.5 Å². The van der Waals surface area contributed by atoms with E-state index in [9.17, 15) is 9.59 Å². The summed E-state index contributed by atoms with van der Waals surface area (Å²) in [4.78, 5) is 32.6. The van der Waals surface area contributed by atoms with Gasteiger partial charge in [0, 0.05) is 31.5 Å². The summed E-state index contributed by atoms with van der Waals surface area (Å²) in [5.41, 5.74) is 2.83. The van der Waals surface area contributed by atoms with Gasteiger partial charge in [0.25, 0.3) is 5.91 Å². The molecule has 8 nitrogen and oxygen atoms in total. The van der Waals surface area contributed by atoms with Gasteiger partial charge in [-0.15, -0.1) is 0 Å². The van der Waals surface area contributed by atoms with Crippen molar-refractivity contribution in [1.29, 1.82) is 0 Å². The molecule has 1 saturated heterocycles. The normalized spacial score (nSPS) is 15.7. The molecule has 0 spiro atoms. The molecular formula is C27H29N3O5. The lowest BCUT2D eigenvalue weighted by Gasteiger charge is -2.40. The third-order valence-corrected chi connectivity index (χ3v) is 6.07. The maximum atomic E-state index is 14.0. The van der Waals surface area contributed by atoms with E-state index in [1.807, 2.05) is 43.3 Å². The van der Waals surface area contributed by atoms with Crippen LogP contribution in [0.1, 0.15) is 11.6 Å². The molecule has 0 saturated carbocycles. The molecule has 1 fully saturated rings. The number of piperazine rings is 1. The van der Waals surface area contributed by atoms with Gasteiger partial charge < -0.3 is 19.1 Å². The highest BCUT2D eigenvalue weighted by Gasteiger charge is 2.42. The minimum atomic E-state index is -0.854. The molecule has 182 valence electrons. The Kier molecular flexibility index (Phi) is 6.82. The Morgan fingerprint density at radius 3 is 2.00 bits per heavy atom. The van der Waals surface area contributed by atoms with Crippen molar-refractivity contribution in [2.45, 2.75) is 6.04 Å². The summed E-state index contributed by atoms with van der Waals surface area (Å²) in [5, 5.41) is 0. The molecule has 0 aliphatic carbocycles. The van der Waals surface area contributed by atoms with Crippen LogP contribution in [0.2, 0.25) is 0 Å². The fourth-order valence-electron chi connectivity index (χ4n) is 4.19. The minimum Gasteiger partial charge on any atom is -0.497 e. The number of rotatable bonds is 7. The largest absolute Gasteiger partial charge is 0.497 e. The Balaban J connectivity index is 1.81. The molecule has 2 amide bonds. The van der Waals surface area contributed by atoms with Gasteiger partial charge in [-0.05, 0) is 54.1 Å². The Hall–Kier alpha value is -4.20. The molecule has 1 heterocycles. The molecule has 8 heteroatoms. The number of carbonyl (C=O) groups is 2. The summed E-state index contributed by atoms with van der Waals surface area (Å²) >= 11 is 0.